The van der Waals surface area contributed by atoms with E-state index in [1.807, 2.05) is 37.3 Å². The number of rotatable bonds is 8. The molecule has 0 saturated heterocycles. The van der Waals surface area contributed by atoms with Gasteiger partial charge in [-0.2, -0.15) is 0 Å². The van der Waals surface area contributed by atoms with Crippen molar-refractivity contribution < 1.29 is 14.9 Å². The molecule has 2 unspecified atom stereocenters. The maximum absolute atomic E-state index is 9.61. The van der Waals surface area contributed by atoms with Crippen LogP contribution < -0.4 is 0 Å². The van der Waals surface area contributed by atoms with Gasteiger partial charge in [0, 0.05) is 6.61 Å². The lowest BCUT2D eigenvalue weighted by Crippen LogP contribution is -2.21. The first-order valence-electron chi connectivity index (χ1n) is 6.20. The normalized spacial score (nSPS) is 14.5. The van der Waals surface area contributed by atoms with Crippen molar-refractivity contribution in [3.8, 4) is 0 Å². The fourth-order valence-electron chi connectivity index (χ4n) is 1.71. The van der Waals surface area contributed by atoms with Crippen LogP contribution in [0.25, 0.3) is 0 Å². The maximum atomic E-state index is 9.61. The lowest BCUT2D eigenvalue weighted by atomic mass is 10.1. The monoisotopic (exact) mass is 238 g/mol. The Balaban J connectivity index is 2.32. The zero-order valence-electron chi connectivity index (χ0n) is 10.4. The molecule has 0 aliphatic carbocycles. The van der Waals surface area contributed by atoms with E-state index in [-0.39, 0.29) is 12.7 Å². The van der Waals surface area contributed by atoms with E-state index in [0.717, 1.165) is 12.0 Å². The summed E-state index contributed by atoms with van der Waals surface area (Å²) in [4.78, 5) is 0. The Kier molecular flexibility index (Phi) is 6.86. The largest absolute Gasteiger partial charge is 0.396 e. The van der Waals surface area contributed by atoms with E-state index in [1.165, 1.54) is 0 Å². The predicted molar refractivity (Wildman–Crippen MR) is 67.6 cm³/mol. The summed E-state index contributed by atoms with van der Waals surface area (Å²) >= 11 is 0. The van der Waals surface area contributed by atoms with Crippen LogP contribution in [-0.2, 0) is 11.3 Å². The van der Waals surface area contributed by atoms with E-state index in [4.69, 9.17) is 9.84 Å². The SMILES string of the molecule is CCC(CC(O)CCO)OCc1ccccc1. The summed E-state index contributed by atoms with van der Waals surface area (Å²) in [5.41, 5.74) is 1.14. The molecule has 3 nitrogen and oxygen atoms in total. The number of benzene rings is 1. The number of aliphatic hydroxyl groups excluding tert-OH is 2. The summed E-state index contributed by atoms with van der Waals surface area (Å²) in [6, 6.07) is 10.0. The Morgan fingerprint density at radius 3 is 2.53 bits per heavy atom. The molecule has 0 saturated carbocycles. The van der Waals surface area contributed by atoms with Gasteiger partial charge in [-0.1, -0.05) is 37.3 Å². The van der Waals surface area contributed by atoms with Gasteiger partial charge in [0.15, 0.2) is 0 Å². The van der Waals surface area contributed by atoms with E-state index in [9.17, 15) is 5.11 Å². The fraction of sp³-hybridized carbons (Fsp3) is 0.571. The maximum Gasteiger partial charge on any atom is 0.0720 e. The summed E-state index contributed by atoms with van der Waals surface area (Å²) in [6.45, 7) is 2.64. The van der Waals surface area contributed by atoms with Crippen LogP contribution in [0.2, 0.25) is 0 Å². The Morgan fingerprint density at radius 2 is 1.94 bits per heavy atom. The molecule has 3 heteroatoms. The fourth-order valence-corrected chi connectivity index (χ4v) is 1.71. The molecule has 0 heterocycles. The lowest BCUT2D eigenvalue weighted by molar-refractivity contribution is -0.00292. The first-order chi connectivity index (χ1) is 8.26. The summed E-state index contributed by atoms with van der Waals surface area (Å²) in [6.07, 6.45) is 1.46. The van der Waals surface area contributed by atoms with Crippen LogP contribution in [0, 0.1) is 0 Å². The van der Waals surface area contributed by atoms with Crippen molar-refractivity contribution in [2.75, 3.05) is 6.61 Å². The molecule has 0 radical (unpaired) electrons. The summed E-state index contributed by atoms with van der Waals surface area (Å²) < 4.78 is 5.75. The highest BCUT2D eigenvalue weighted by Gasteiger charge is 2.13. The van der Waals surface area contributed by atoms with Crippen LogP contribution in [0.1, 0.15) is 31.7 Å². The molecule has 0 amide bonds. The minimum Gasteiger partial charge on any atom is -0.396 e. The third-order valence-electron chi connectivity index (χ3n) is 2.78. The van der Waals surface area contributed by atoms with Gasteiger partial charge in [-0.25, -0.2) is 0 Å². The molecule has 1 aromatic carbocycles. The van der Waals surface area contributed by atoms with E-state index < -0.39 is 6.10 Å². The average molecular weight is 238 g/mol. The van der Waals surface area contributed by atoms with Crippen LogP contribution >= 0.6 is 0 Å². The van der Waals surface area contributed by atoms with Gasteiger partial charge >= 0.3 is 0 Å². The van der Waals surface area contributed by atoms with E-state index in [1.54, 1.807) is 0 Å². The standard InChI is InChI=1S/C14H22O3/c1-2-14(10-13(16)8-9-15)17-11-12-6-4-3-5-7-12/h3-7,13-16H,2,8-11H2,1H3. The van der Waals surface area contributed by atoms with Crippen LogP contribution in [0.5, 0.6) is 0 Å². The molecule has 0 bridgehead atoms. The molecule has 2 N–H and O–H groups in total. The Morgan fingerprint density at radius 1 is 1.24 bits per heavy atom. The van der Waals surface area contributed by atoms with Gasteiger partial charge in [-0.15, -0.1) is 0 Å². The Bertz CT molecular complexity index is 287. The third-order valence-corrected chi connectivity index (χ3v) is 2.78. The predicted octanol–water partition coefficient (Wildman–Crippen LogP) is 2.12. The Labute approximate surface area is 103 Å². The van der Waals surface area contributed by atoms with Gasteiger partial charge in [-0.3, -0.25) is 0 Å². The molecule has 0 aliphatic heterocycles. The zero-order valence-corrected chi connectivity index (χ0v) is 10.4. The smallest absolute Gasteiger partial charge is 0.0720 e. The first kappa shape index (κ1) is 14.2. The number of hydrogen-bond acceptors (Lipinski definition) is 3. The van der Waals surface area contributed by atoms with Gasteiger partial charge in [-0.05, 0) is 24.8 Å². The van der Waals surface area contributed by atoms with Crippen molar-refractivity contribution in [1.29, 1.82) is 0 Å². The second-order valence-electron chi connectivity index (χ2n) is 4.23. The molecule has 17 heavy (non-hydrogen) atoms. The van der Waals surface area contributed by atoms with E-state index >= 15 is 0 Å². The topological polar surface area (TPSA) is 49.7 Å². The molecule has 0 fully saturated rings. The molecule has 1 rings (SSSR count). The first-order valence-corrected chi connectivity index (χ1v) is 6.20. The van der Waals surface area contributed by atoms with Crippen LogP contribution in [-0.4, -0.2) is 29.0 Å². The molecule has 0 aromatic heterocycles. The summed E-state index contributed by atoms with van der Waals surface area (Å²) in [5.74, 6) is 0. The highest BCUT2D eigenvalue weighted by molar-refractivity contribution is 5.13. The van der Waals surface area contributed by atoms with Crippen molar-refractivity contribution in [2.45, 2.75) is 45.0 Å². The minimum atomic E-state index is -0.472. The highest BCUT2D eigenvalue weighted by Crippen LogP contribution is 2.12. The van der Waals surface area contributed by atoms with Gasteiger partial charge in [0.25, 0.3) is 0 Å². The van der Waals surface area contributed by atoms with Crippen LogP contribution in [0.3, 0.4) is 0 Å². The molecule has 96 valence electrons. The number of hydrogen-bond donors (Lipinski definition) is 2. The van der Waals surface area contributed by atoms with E-state index in [0.29, 0.717) is 19.4 Å². The van der Waals surface area contributed by atoms with Crippen molar-refractivity contribution in [1.82, 2.24) is 0 Å². The van der Waals surface area contributed by atoms with Gasteiger partial charge < -0.3 is 14.9 Å². The van der Waals surface area contributed by atoms with E-state index in [2.05, 4.69) is 0 Å². The molecule has 2 atom stereocenters. The van der Waals surface area contributed by atoms with Crippen molar-refractivity contribution >= 4 is 0 Å². The molecule has 0 spiro atoms. The van der Waals surface area contributed by atoms with Gasteiger partial charge in [0.05, 0.1) is 18.8 Å². The average Bonchev–Trinajstić information content (AvgIpc) is 2.36. The number of ether oxygens (including phenoxy) is 1. The molecular formula is C14H22O3. The molecular weight excluding hydrogens is 216 g/mol. The van der Waals surface area contributed by atoms with Gasteiger partial charge in [0.2, 0.25) is 0 Å². The van der Waals surface area contributed by atoms with Crippen molar-refractivity contribution in [3.63, 3.8) is 0 Å². The van der Waals surface area contributed by atoms with Crippen molar-refractivity contribution in [3.05, 3.63) is 35.9 Å². The number of aliphatic hydroxyl groups is 2. The molecule has 0 aliphatic rings. The summed E-state index contributed by atoms with van der Waals surface area (Å²) in [7, 11) is 0. The summed E-state index contributed by atoms with van der Waals surface area (Å²) in [5, 5.41) is 18.3. The van der Waals surface area contributed by atoms with Crippen molar-refractivity contribution in [2.24, 2.45) is 0 Å². The minimum absolute atomic E-state index is 0.0241. The lowest BCUT2D eigenvalue weighted by Gasteiger charge is -2.19. The van der Waals surface area contributed by atoms with Crippen LogP contribution in [0.4, 0.5) is 0 Å². The van der Waals surface area contributed by atoms with Crippen LogP contribution in [0.15, 0.2) is 30.3 Å². The second kappa shape index (κ2) is 8.23. The highest BCUT2D eigenvalue weighted by atomic mass is 16.5. The quantitative estimate of drug-likeness (QED) is 0.729. The zero-order chi connectivity index (χ0) is 12.5. The third kappa shape index (κ3) is 5.82. The van der Waals surface area contributed by atoms with Gasteiger partial charge in [0.1, 0.15) is 0 Å². The molecule has 1 aromatic rings. The second-order valence-corrected chi connectivity index (χ2v) is 4.23. The Hall–Kier alpha value is -0.900.